The number of allylic oxidation sites excluding steroid dienone is 2. The van der Waals surface area contributed by atoms with Gasteiger partial charge in [0.05, 0.1) is 37.7 Å². The van der Waals surface area contributed by atoms with Crippen LogP contribution in [0.2, 0.25) is 0 Å². The lowest BCUT2D eigenvalue weighted by Crippen LogP contribution is -3.15. The molecule has 0 bridgehead atoms. The van der Waals surface area contributed by atoms with Crippen LogP contribution >= 0.6 is 0 Å². The Bertz CT molecular complexity index is 727. The topological polar surface area (TPSA) is 80.4 Å². The molecule has 1 heterocycles. The normalized spacial score (nSPS) is 17.7. The molecular weight excluding hydrogens is 372 g/mol. The van der Waals surface area contributed by atoms with Gasteiger partial charge in [-0.3, -0.25) is 14.9 Å². The SMILES string of the molecule is COCCN(C(=O)C[NH+]1CCN(c2ccc([N+](=O)[O-])cc2)CC1)C1=CCCCC1. The van der Waals surface area contributed by atoms with Gasteiger partial charge in [-0.1, -0.05) is 6.08 Å². The van der Waals surface area contributed by atoms with Gasteiger partial charge in [-0.25, -0.2) is 0 Å². The maximum atomic E-state index is 13.0. The molecule has 158 valence electrons. The van der Waals surface area contributed by atoms with Crippen LogP contribution in [-0.2, 0) is 9.53 Å². The van der Waals surface area contributed by atoms with Crippen LogP contribution in [0.15, 0.2) is 36.0 Å². The van der Waals surface area contributed by atoms with Crippen molar-refractivity contribution in [1.29, 1.82) is 0 Å². The van der Waals surface area contributed by atoms with Crippen LogP contribution < -0.4 is 9.80 Å². The van der Waals surface area contributed by atoms with Gasteiger partial charge in [0, 0.05) is 37.2 Å². The first-order valence-corrected chi connectivity index (χ1v) is 10.4. The third kappa shape index (κ3) is 5.77. The molecule has 1 N–H and O–H groups in total. The molecule has 0 radical (unpaired) electrons. The summed E-state index contributed by atoms with van der Waals surface area (Å²) >= 11 is 0. The summed E-state index contributed by atoms with van der Waals surface area (Å²) in [6.45, 7) is 5.08. The first-order valence-electron chi connectivity index (χ1n) is 10.4. The Morgan fingerprint density at radius 3 is 2.55 bits per heavy atom. The predicted octanol–water partition coefficient (Wildman–Crippen LogP) is 1.23. The van der Waals surface area contributed by atoms with E-state index in [-0.39, 0.29) is 16.5 Å². The van der Waals surface area contributed by atoms with E-state index in [2.05, 4.69) is 11.0 Å². The van der Waals surface area contributed by atoms with Gasteiger partial charge in [-0.2, -0.15) is 0 Å². The Morgan fingerprint density at radius 1 is 1.24 bits per heavy atom. The maximum absolute atomic E-state index is 13.0. The zero-order valence-corrected chi connectivity index (χ0v) is 17.1. The zero-order valence-electron chi connectivity index (χ0n) is 17.1. The molecule has 1 aliphatic carbocycles. The molecule has 29 heavy (non-hydrogen) atoms. The first kappa shape index (κ1) is 21.3. The molecule has 0 unspecified atom stereocenters. The Labute approximate surface area is 171 Å². The molecule has 1 amide bonds. The minimum absolute atomic E-state index is 0.108. The van der Waals surface area contributed by atoms with Crippen molar-refractivity contribution >= 4 is 17.3 Å². The third-order valence-corrected chi connectivity index (χ3v) is 5.73. The highest BCUT2D eigenvalue weighted by Crippen LogP contribution is 2.21. The number of nitro groups is 1. The van der Waals surface area contributed by atoms with E-state index in [1.54, 1.807) is 31.4 Å². The minimum atomic E-state index is -0.380. The Balaban J connectivity index is 1.53. The molecule has 2 aliphatic rings. The number of non-ortho nitro benzene ring substituents is 1. The predicted molar refractivity (Wildman–Crippen MR) is 111 cm³/mol. The average molecular weight is 404 g/mol. The molecule has 0 aromatic heterocycles. The van der Waals surface area contributed by atoms with Crippen molar-refractivity contribution in [2.45, 2.75) is 25.7 Å². The van der Waals surface area contributed by atoms with Gasteiger partial charge in [0.1, 0.15) is 0 Å². The molecule has 8 heteroatoms. The summed E-state index contributed by atoms with van der Waals surface area (Å²) < 4.78 is 5.21. The number of nitrogens with one attached hydrogen (secondary N) is 1. The van der Waals surface area contributed by atoms with Crippen LogP contribution in [-0.4, -0.2) is 68.7 Å². The molecule has 8 nitrogen and oxygen atoms in total. The molecule has 0 saturated carbocycles. The van der Waals surface area contributed by atoms with Gasteiger partial charge in [-0.05, 0) is 37.8 Å². The quantitative estimate of drug-likeness (QED) is 0.522. The van der Waals surface area contributed by atoms with Gasteiger partial charge in [0.2, 0.25) is 0 Å². The lowest BCUT2D eigenvalue weighted by atomic mass is 10.0. The highest BCUT2D eigenvalue weighted by Gasteiger charge is 2.27. The fourth-order valence-electron chi connectivity index (χ4n) is 4.03. The third-order valence-electron chi connectivity index (χ3n) is 5.73. The monoisotopic (exact) mass is 403 g/mol. The van der Waals surface area contributed by atoms with Gasteiger partial charge in [-0.15, -0.1) is 0 Å². The number of carbonyl (C=O) groups excluding carboxylic acids is 1. The number of carbonyl (C=O) groups is 1. The molecule has 0 spiro atoms. The summed E-state index contributed by atoms with van der Waals surface area (Å²) in [5.41, 5.74) is 2.26. The van der Waals surface area contributed by atoms with Crippen LogP contribution in [0.1, 0.15) is 25.7 Å². The number of hydrogen-bond acceptors (Lipinski definition) is 5. The summed E-state index contributed by atoms with van der Waals surface area (Å²) in [4.78, 5) is 28.9. The van der Waals surface area contributed by atoms with Gasteiger partial charge >= 0.3 is 0 Å². The number of methoxy groups -OCH3 is 1. The first-order chi connectivity index (χ1) is 14.1. The van der Waals surface area contributed by atoms with E-state index in [0.29, 0.717) is 19.7 Å². The number of amides is 1. The summed E-state index contributed by atoms with van der Waals surface area (Å²) in [5.74, 6) is 0.175. The van der Waals surface area contributed by atoms with E-state index in [1.807, 2.05) is 4.90 Å². The number of benzene rings is 1. The number of nitro benzene ring substituents is 1. The van der Waals surface area contributed by atoms with Crippen LogP contribution in [0.25, 0.3) is 0 Å². The lowest BCUT2D eigenvalue weighted by Gasteiger charge is -2.35. The van der Waals surface area contributed by atoms with E-state index >= 15 is 0 Å². The van der Waals surface area contributed by atoms with Crippen LogP contribution in [0.3, 0.4) is 0 Å². The molecule has 0 atom stereocenters. The molecular formula is C21H31N4O4+. The number of quaternary nitrogens is 1. The van der Waals surface area contributed by atoms with Crippen molar-refractivity contribution in [1.82, 2.24) is 4.90 Å². The van der Waals surface area contributed by atoms with E-state index in [4.69, 9.17) is 4.74 Å². The fraction of sp³-hybridized carbons (Fsp3) is 0.571. The molecule has 1 fully saturated rings. The largest absolute Gasteiger partial charge is 0.383 e. The Kier molecular flexibility index (Phi) is 7.60. The highest BCUT2D eigenvalue weighted by atomic mass is 16.6. The zero-order chi connectivity index (χ0) is 20.6. The molecule has 3 rings (SSSR count). The van der Waals surface area contributed by atoms with Crippen molar-refractivity contribution in [3.05, 3.63) is 46.2 Å². The van der Waals surface area contributed by atoms with Crippen molar-refractivity contribution < 1.29 is 19.4 Å². The Morgan fingerprint density at radius 2 is 1.97 bits per heavy atom. The standard InChI is InChI=1S/C21H30N4O4/c1-29-16-15-24(19-5-3-2-4-6-19)21(26)17-22-11-13-23(14-12-22)18-7-9-20(10-8-18)25(27)28/h5,7-10H,2-4,6,11-17H2,1H3/p+1. The van der Waals surface area contributed by atoms with Crippen LogP contribution in [0, 0.1) is 10.1 Å². The number of nitrogens with zero attached hydrogens (tertiary/aromatic N) is 3. The van der Waals surface area contributed by atoms with Crippen molar-refractivity contribution in [2.75, 3.05) is 57.9 Å². The van der Waals surface area contributed by atoms with Gasteiger partial charge in [0.25, 0.3) is 11.6 Å². The highest BCUT2D eigenvalue weighted by molar-refractivity contribution is 5.79. The smallest absolute Gasteiger partial charge is 0.281 e. The fourth-order valence-corrected chi connectivity index (χ4v) is 4.03. The van der Waals surface area contributed by atoms with E-state index < -0.39 is 0 Å². The average Bonchev–Trinajstić information content (AvgIpc) is 2.75. The van der Waals surface area contributed by atoms with Crippen molar-refractivity contribution in [3.8, 4) is 0 Å². The van der Waals surface area contributed by atoms with Gasteiger partial charge in [0.15, 0.2) is 6.54 Å². The van der Waals surface area contributed by atoms with Crippen LogP contribution in [0.5, 0.6) is 0 Å². The second kappa shape index (κ2) is 10.4. The second-order valence-corrected chi connectivity index (χ2v) is 7.67. The molecule has 1 aromatic carbocycles. The van der Waals surface area contributed by atoms with E-state index in [1.165, 1.54) is 11.3 Å². The summed E-state index contributed by atoms with van der Waals surface area (Å²) in [7, 11) is 1.67. The van der Waals surface area contributed by atoms with Crippen LogP contribution in [0.4, 0.5) is 11.4 Å². The maximum Gasteiger partial charge on any atom is 0.281 e. The lowest BCUT2D eigenvalue weighted by molar-refractivity contribution is -0.892. The number of anilines is 1. The number of rotatable bonds is 8. The van der Waals surface area contributed by atoms with Crippen molar-refractivity contribution in [3.63, 3.8) is 0 Å². The molecule has 1 aliphatic heterocycles. The van der Waals surface area contributed by atoms with E-state index in [0.717, 1.165) is 56.8 Å². The number of hydrogen-bond donors (Lipinski definition) is 1. The summed E-state index contributed by atoms with van der Waals surface area (Å²) in [6.07, 6.45) is 6.57. The number of ether oxygens (including phenoxy) is 1. The molecule has 1 aromatic rings. The Hall–Kier alpha value is -2.45. The minimum Gasteiger partial charge on any atom is -0.383 e. The second-order valence-electron chi connectivity index (χ2n) is 7.67. The number of piperazine rings is 1. The molecule has 1 saturated heterocycles. The van der Waals surface area contributed by atoms with E-state index in [9.17, 15) is 14.9 Å². The summed E-state index contributed by atoms with van der Waals surface area (Å²) in [5, 5.41) is 10.8. The van der Waals surface area contributed by atoms with Crippen molar-refractivity contribution in [2.24, 2.45) is 0 Å². The van der Waals surface area contributed by atoms with Gasteiger partial charge < -0.3 is 19.4 Å². The summed E-state index contributed by atoms with van der Waals surface area (Å²) in [6, 6.07) is 6.69.